The Kier molecular flexibility index (Phi) is 5.32. The number of sulfonamides is 1. The molecule has 0 atom stereocenters. The van der Waals surface area contributed by atoms with E-state index in [1.807, 2.05) is 18.2 Å². The van der Waals surface area contributed by atoms with Gasteiger partial charge in [0.2, 0.25) is 5.88 Å². The second-order valence-electron chi connectivity index (χ2n) is 7.46. The summed E-state index contributed by atoms with van der Waals surface area (Å²) in [4.78, 5) is 1.93. The summed E-state index contributed by atoms with van der Waals surface area (Å²) in [5.74, 6) is 0.881. The van der Waals surface area contributed by atoms with E-state index in [1.165, 1.54) is 6.26 Å². The highest BCUT2D eigenvalue weighted by atomic mass is 35.5. The quantitative estimate of drug-likeness (QED) is 0.346. The van der Waals surface area contributed by atoms with Gasteiger partial charge in [-0.3, -0.25) is 10.1 Å². The van der Waals surface area contributed by atoms with Gasteiger partial charge in [0.25, 0.3) is 10.0 Å². The number of nitrogens with one attached hydrogen (secondary N) is 3. The van der Waals surface area contributed by atoms with Crippen LogP contribution in [0.25, 0.3) is 11.1 Å². The molecule has 1 aliphatic heterocycles. The number of anilines is 3. The average Bonchev–Trinajstić information content (AvgIpc) is 3.30. The highest BCUT2D eigenvalue weighted by Gasteiger charge is 2.24. The van der Waals surface area contributed by atoms with Gasteiger partial charge in [0.15, 0.2) is 0 Å². The third kappa shape index (κ3) is 4.18. The van der Waals surface area contributed by atoms with Crippen LogP contribution in [-0.4, -0.2) is 20.9 Å². The van der Waals surface area contributed by atoms with Crippen LogP contribution in [0.2, 0.25) is 5.02 Å². The number of halogens is 1. The molecule has 0 bridgehead atoms. The maximum atomic E-state index is 13.0. The Labute approximate surface area is 196 Å². The molecule has 0 aliphatic carbocycles. The smallest absolute Gasteiger partial charge is 0.261 e. The number of rotatable bonds is 5. The predicted octanol–water partition coefficient (Wildman–Crippen LogP) is 5.62. The van der Waals surface area contributed by atoms with Crippen LogP contribution in [0.15, 0.2) is 94.4 Å². The molecule has 1 aliphatic rings. The number of nitrogens with zero attached hydrogens (tertiary/aromatic N) is 1. The summed E-state index contributed by atoms with van der Waals surface area (Å²) in [6.07, 6.45) is 1.54. The zero-order chi connectivity index (χ0) is 23.0. The van der Waals surface area contributed by atoms with E-state index in [1.54, 1.807) is 65.6 Å². The average molecular weight is 479 g/mol. The predicted molar refractivity (Wildman–Crippen MR) is 131 cm³/mol. The molecule has 0 saturated carbocycles. The highest BCUT2D eigenvalue weighted by Crippen LogP contribution is 2.29. The van der Waals surface area contributed by atoms with E-state index in [2.05, 4.69) is 10.0 Å². The van der Waals surface area contributed by atoms with E-state index in [4.69, 9.17) is 21.4 Å². The van der Waals surface area contributed by atoms with Crippen molar-refractivity contribution in [2.45, 2.75) is 4.90 Å². The summed E-state index contributed by atoms with van der Waals surface area (Å²) in [7, 11) is -3.79. The third-order valence-corrected chi connectivity index (χ3v) is 6.97. The van der Waals surface area contributed by atoms with Crippen molar-refractivity contribution in [2.75, 3.05) is 21.6 Å². The van der Waals surface area contributed by atoms with Crippen LogP contribution in [0.1, 0.15) is 5.56 Å². The van der Waals surface area contributed by atoms with E-state index in [0.717, 1.165) is 16.8 Å². The molecule has 0 saturated heterocycles. The second-order valence-corrected chi connectivity index (χ2v) is 9.58. The zero-order valence-electron chi connectivity index (χ0n) is 17.2. The molecule has 0 amide bonds. The lowest BCUT2D eigenvalue weighted by molar-refractivity contribution is 0.577. The van der Waals surface area contributed by atoms with Crippen molar-refractivity contribution in [3.63, 3.8) is 0 Å². The van der Waals surface area contributed by atoms with Crippen molar-refractivity contribution in [1.29, 1.82) is 5.41 Å². The lowest BCUT2D eigenvalue weighted by Gasteiger charge is -2.29. The summed E-state index contributed by atoms with van der Waals surface area (Å²) in [6.45, 7) is 0.377. The Morgan fingerprint density at radius 3 is 2.48 bits per heavy atom. The molecule has 4 aromatic rings. The summed E-state index contributed by atoms with van der Waals surface area (Å²) in [5, 5.41) is 12.1. The molecule has 3 aromatic carbocycles. The largest absolute Gasteiger partial charge is 0.448 e. The van der Waals surface area contributed by atoms with E-state index < -0.39 is 10.0 Å². The lowest BCUT2D eigenvalue weighted by atomic mass is 10.1. The Morgan fingerprint density at radius 1 is 0.970 bits per heavy atom. The summed E-state index contributed by atoms with van der Waals surface area (Å²) < 4.78 is 33.9. The first kappa shape index (κ1) is 21.1. The van der Waals surface area contributed by atoms with Gasteiger partial charge in [0.05, 0.1) is 23.4 Å². The highest BCUT2D eigenvalue weighted by molar-refractivity contribution is 7.92. The fourth-order valence-corrected chi connectivity index (χ4v) is 4.87. The molecule has 33 heavy (non-hydrogen) atoms. The topological polar surface area (TPSA) is 98.4 Å². The number of fused-ring (bicyclic) bond motifs is 1. The first-order valence-corrected chi connectivity index (χ1v) is 11.9. The molecule has 9 heteroatoms. The molecule has 0 radical (unpaired) electrons. The number of hydrogen-bond donors (Lipinski definition) is 3. The molecule has 1 aromatic heterocycles. The Balaban J connectivity index is 1.35. The minimum absolute atomic E-state index is 0.161. The molecule has 3 N–H and O–H groups in total. The molecule has 7 nitrogen and oxygen atoms in total. The number of amidine groups is 1. The molecule has 0 unspecified atom stereocenters. The first-order chi connectivity index (χ1) is 15.9. The SMILES string of the molecule is N=C1c2ccoc2NCN1c1ccc(NS(=O)(=O)c2cccc(-c3ccc(Cl)cc3)c2)cc1. The van der Waals surface area contributed by atoms with Gasteiger partial charge in [-0.1, -0.05) is 35.9 Å². The van der Waals surface area contributed by atoms with Crippen molar-refractivity contribution in [2.24, 2.45) is 0 Å². The van der Waals surface area contributed by atoms with Crippen LogP contribution in [-0.2, 0) is 10.0 Å². The van der Waals surface area contributed by atoms with E-state index in [-0.39, 0.29) is 4.90 Å². The molecule has 0 fully saturated rings. The Morgan fingerprint density at radius 2 is 1.73 bits per heavy atom. The maximum Gasteiger partial charge on any atom is 0.261 e. The van der Waals surface area contributed by atoms with E-state index >= 15 is 0 Å². The van der Waals surface area contributed by atoms with E-state index in [9.17, 15) is 8.42 Å². The van der Waals surface area contributed by atoms with E-state index in [0.29, 0.717) is 34.7 Å². The van der Waals surface area contributed by atoms with Gasteiger partial charge in [-0.25, -0.2) is 8.42 Å². The minimum atomic E-state index is -3.79. The Hall–Kier alpha value is -3.75. The minimum Gasteiger partial charge on any atom is -0.448 e. The summed E-state index contributed by atoms with van der Waals surface area (Å²) >= 11 is 5.95. The van der Waals surface area contributed by atoms with Gasteiger partial charge in [-0.15, -0.1) is 0 Å². The first-order valence-electron chi connectivity index (χ1n) is 10.1. The van der Waals surface area contributed by atoms with Crippen LogP contribution in [0.5, 0.6) is 0 Å². The van der Waals surface area contributed by atoms with Gasteiger partial charge in [0.1, 0.15) is 5.84 Å². The van der Waals surface area contributed by atoms with Gasteiger partial charge >= 0.3 is 0 Å². The number of furan rings is 1. The zero-order valence-corrected chi connectivity index (χ0v) is 18.8. The van der Waals surface area contributed by atoms with Crippen molar-refractivity contribution < 1.29 is 12.8 Å². The summed E-state index contributed by atoms with van der Waals surface area (Å²) in [5.41, 5.74) is 3.51. The molecule has 0 spiro atoms. The van der Waals surface area contributed by atoms with Gasteiger partial charge in [-0.05, 0) is 65.7 Å². The molecular weight excluding hydrogens is 460 g/mol. The van der Waals surface area contributed by atoms with Crippen molar-refractivity contribution in [1.82, 2.24) is 0 Å². The summed E-state index contributed by atoms with van der Waals surface area (Å²) in [6, 6.07) is 22.6. The standard InChI is InChI=1S/C24H19ClN4O3S/c25-18-6-4-16(5-7-18)17-2-1-3-21(14-17)33(30,31)28-19-8-10-20(11-9-19)29-15-27-24-22(23(29)26)12-13-32-24/h1-14,26-28H,15H2. The van der Waals surface area contributed by atoms with Crippen LogP contribution in [0.3, 0.4) is 0 Å². The van der Waals surface area contributed by atoms with Gasteiger partial charge in [0, 0.05) is 16.4 Å². The third-order valence-electron chi connectivity index (χ3n) is 5.34. The van der Waals surface area contributed by atoms with Crippen molar-refractivity contribution in [3.8, 4) is 11.1 Å². The van der Waals surface area contributed by atoms with Crippen LogP contribution in [0, 0.1) is 5.41 Å². The van der Waals surface area contributed by atoms with Crippen molar-refractivity contribution >= 4 is 44.7 Å². The van der Waals surface area contributed by atoms with Crippen molar-refractivity contribution in [3.05, 3.63) is 95.7 Å². The number of hydrogen-bond acceptors (Lipinski definition) is 5. The van der Waals surface area contributed by atoms with Crippen LogP contribution < -0.4 is 14.9 Å². The lowest BCUT2D eigenvalue weighted by Crippen LogP contribution is -2.39. The van der Waals surface area contributed by atoms with Crippen LogP contribution >= 0.6 is 11.6 Å². The second kappa shape index (κ2) is 8.31. The number of benzene rings is 3. The van der Waals surface area contributed by atoms with Crippen LogP contribution in [0.4, 0.5) is 17.3 Å². The molecule has 5 rings (SSSR count). The molecule has 166 valence electrons. The van der Waals surface area contributed by atoms with Gasteiger partial charge in [-0.2, -0.15) is 0 Å². The molecule has 2 heterocycles. The monoisotopic (exact) mass is 478 g/mol. The fraction of sp³-hybridized carbons (Fsp3) is 0.0417. The van der Waals surface area contributed by atoms with Gasteiger partial charge < -0.3 is 14.6 Å². The maximum absolute atomic E-state index is 13.0. The fourth-order valence-electron chi connectivity index (χ4n) is 3.64. The molecular formula is C24H19ClN4O3S. The Bertz CT molecular complexity index is 1430. The normalized spacial score (nSPS) is 13.4.